The van der Waals surface area contributed by atoms with E-state index >= 15 is 0 Å². The number of benzene rings is 7. The lowest BCUT2D eigenvalue weighted by molar-refractivity contribution is 0.672. The number of nitrogens with zero attached hydrogens (tertiary/aromatic N) is 3. The molecule has 224 valence electrons. The SMILES string of the molecule is c1ccc(-c2ccc3c(c2)cc(-c2nc(-c4ccccc4)nc(-c4cccc5sc6ccccc6c45)n2)c2c4ccccc4oc32)cc1. The van der Waals surface area contributed by atoms with E-state index in [2.05, 4.69) is 115 Å². The summed E-state index contributed by atoms with van der Waals surface area (Å²) >= 11 is 1.79. The van der Waals surface area contributed by atoms with E-state index in [9.17, 15) is 0 Å². The summed E-state index contributed by atoms with van der Waals surface area (Å²) in [6.07, 6.45) is 0. The Kier molecular flexibility index (Phi) is 6.01. The Morgan fingerprint density at radius 2 is 1.08 bits per heavy atom. The molecule has 0 saturated carbocycles. The normalized spacial score (nSPS) is 11.8. The molecule has 0 aliphatic carbocycles. The van der Waals surface area contributed by atoms with Crippen molar-refractivity contribution in [3.8, 4) is 45.3 Å². The van der Waals surface area contributed by atoms with Crippen molar-refractivity contribution in [3.05, 3.63) is 152 Å². The average Bonchev–Trinajstić information content (AvgIpc) is 3.74. The van der Waals surface area contributed by atoms with Crippen LogP contribution in [-0.4, -0.2) is 15.0 Å². The maximum Gasteiger partial charge on any atom is 0.164 e. The summed E-state index contributed by atoms with van der Waals surface area (Å²) in [5.41, 5.74) is 6.81. The predicted molar refractivity (Wildman–Crippen MR) is 199 cm³/mol. The third kappa shape index (κ3) is 4.25. The molecule has 0 radical (unpaired) electrons. The first-order chi connectivity index (χ1) is 23.8. The van der Waals surface area contributed by atoms with Crippen molar-refractivity contribution >= 4 is 64.2 Å². The molecule has 0 amide bonds. The van der Waals surface area contributed by atoms with E-state index in [0.717, 1.165) is 60.5 Å². The van der Waals surface area contributed by atoms with Crippen LogP contribution >= 0.6 is 11.3 Å². The van der Waals surface area contributed by atoms with Crippen molar-refractivity contribution in [2.45, 2.75) is 0 Å². The molecular weight excluding hydrogens is 607 g/mol. The highest BCUT2D eigenvalue weighted by Crippen LogP contribution is 2.43. The average molecular weight is 632 g/mol. The molecule has 5 heteroatoms. The zero-order chi connectivity index (χ0) is 31.6. The second-order valence-corrected chi connectivity index (χ2v) is 13.1. The number of aromatic nitrogens is 3. The molecule has 0 saturated heterocycles. The largest absolute Gasteiger partial charge is 0.455 e. The Morgan fingerprint density at radius 3 is 1.92 bits per heavy atom. The summed E-state index contributed by atoms with van der Waals surface area (Å²) < 4.78 is 9.08. The fourth-order valence-electron chi connectivity index (χ4n) is 6.90. The van der Waals surface area contributed by atoms with Crippen molar-refractivity contribution in [2.75, 3.05) is 0 Å². The zero-order valence-corrected chi connectivity index (χ0v) is 26.4. The molecule has 48 heavy (non-hydrogen) atoms. The molecule has 0 spiro atoms. The van der Waals surface area contributed by atoms with Gasteiger partial charge in [0.2, 0.25) is 0 Å². The van der Waals surface area contributed by atoms with Gasteiger partial charge in [-0.05, 0) is 52.9 Å². The van der Waals surface area contributed by atoms with E-state index in [-0.39, 0.29) is 0 Å². The van der Waals surface area contributed by atoms with E-state index in [1.165, 1.54) is 20.2 Å². The molecule has 10 rings (SSSR count). The van der Waals surface area contributed by atoms with E-state index < -0.39 is 0 Å². The van der Waals surface area contributed by atoms with Crippen LogP contribution < -0.4 is 0 Å². The maximum absolute atomic E-state index is 6.63. The zero-order valence-electron chi connectivity index (χ0n) is 25.6. The van der Waals surface area contributed by atoms with Crippen LogP contribution in [0.1, 0.15) is 0 Å². The second kappa shape index (κ2) is 10.7. The minimum Gasteiger partial charge on any atom is -0.455 e. The lowest BCUT2D eigenvalue weighted by Gasteiger charge is -2.12. The molecule has 0 aliphatic heterocycles. The van der Waals surface area contributed by atoms with Gasteiger partial charge in [-0.15, -0.1) is 11.3 Å². The summed E-state index contributed by atoms with van der Waals surface area (Å²) in [6, 6.07) is 52.6. The summed E-state index contributed by atoms with van der Waals surface area (Å²) in [5.74, 6) is 1.89. The van der Waals surface area contributed by atoms with E-state index in [1.54, 1.807) is 11.3 Å². The molecule has 4 nitrogen and oxygen atoms in total. The standard InChI is InChI=1S/C43H25N3OS/c1-3-12-26(13-4-1)28-22-23-30-29(24-28)25-34(39-31-16-7-9-19-35(31)47-40(30)39)43-45-41(27-14-5-2-6-15-27)44-42(46-43)33-18-11-21-37-38(33)32-17-8-10-20-36(32)48-37/h1-25H. The monoisotopic (exact) mass is 631 g/mol. The van der Waals surface area contributed by atoms with Gasteiger partial charge in [0.15, 0.2) is 17.5 Å². The van der Waals surface area contributed by atoms with Crippen molar-refractivity contribution in [1.82, 2.24) is 15.0 Å². The third-order valence-electron chi connectivity index (χ3n) is 9.12. The van der Waals surface area contributed by atoms with E-state index in [0.29, 0.717) is 17.5 Å². The Bertz CT molecular complexity index is 2840. The fourth-order valence-corrected chi connectivity index (χ4v) is 8.03. The Labute approximate surface area is 279 Å². The van der Waals surface area contributed by atoms with Crippen LogP contribution in [0.5, 0.6) is 0 Å². The highest BCUT2D eigenvalue weighted by atomic mass is 32.1. The van der Waals surface area contributed by atoms with Gasteiger partial charge in [0.05, 0.1) is 0 Å². The van der Waals surface area contributed by atoms with Crippen LogP contribution in [0.25, 0.3) is 98.2 Å². The van der Waals surface area contributed by atoms with Crippen LogP contribution in [0.3, 0.4) is 0 Å². The van der Waals surface area contributed by atoms with Gasteiger partial charge in [0.25, 0.3) is 0 Å². The van der Waals surface area contributed by atoms with Gasteiger partial charge in [-0.25, -0.2) is 15.0 Å². The second-order valence-electron chi connectivity index (χ2n) is 12.0. The summed E-state index contributed by atoms with van der Waals surface area (Å²) in [6.45, 7) is 0. The van der Waals surface area contributed by atoms with Crippen molar-refractivity contribution in [3.63, 3.8) is 0 Å². The molecule has 0 N–H and O–H groups in total. The number of rotatable bonds is 4. The third-order valence-corrected chi connectivity index (χ3v) is 10.3. The van der Waals surface area contributed by atoms with Crippen LogP contribution in [-0.2, 0) is 0 Å². The quantitative estimate of drug-likeness (QED) is 0.194. The first kappa shape index (κ1) is 27.0. The number of furan rings is 1. The Hall–Kier alpha value is -6.17. The van der Waals surface area contributed by atoms with Gasteiger partial charge in [-0.2, -0.15) is 0 Å². The molecule has 0 unspecified atom stereocenters. The lowest BCUT2D eigenvalue weighted by atomic mass is 9.96. The lowest BCUT2D eigenvalue weighted by Crippen LogP contribution is -2.01. The number of thiophene rings is 1. The van der Waals surface area contributed by atoms with Crippen LogP contribution in [0, 0.1) is 0 Å². The molecule has 0 aliphatic rings. The van der Waals surface area contributed by atoms with E-state index in [1.807, 2.05) is 36.4 Å². The van der Waals surface area contributed by atoms with E-state index in [4.69, 9.17) is 19.4 Å². The number of hydrogen-bond acceptors (Lipinski definition) is 5. The maximum atomic E-state index is 6.63. The summed E-state index contributed by atoms with van der Waals surface area (Å²) in [7, 11) is 0. The van der Waals surface area contributed by atoms with Crippen molar-refractivity contribution < 1.29 is 4.42 Å². The topological polar surface area (TPSA) is 51.8 Å². The number of hydrogen-bond donors (Lipinski definition) is 0. The Morgan fingerprint density at radius 1 is 0.417 bits per heavy atom. The highest BCUT2D eigenvalue weighted by molar-refractivity contribution is 7.25. The highest BCUT2D eigenvalue weighted by Gasteiger charge is 2.21. The molecule has 7 aromatic carbocycles. The Balaban J connectivity index is 1.30. The van der Waals surface area contributed by atoms with Gasteiger partial charge in [0, 0.05) is 53.0 Å². The van der Waals surface area contributed by atoms with Gasteiger partial charge >= 0.3 is 0 Å². The molecule has 3 heterocycles. The minimum absolute atomic E-state index is 0.610. The van der Waals surface area contributed by atoms with Crippen LogP contribution in [0.15, 0.2) is 156 Å². The van der Waals surface area contributed by atoms with Crippen molar-refractivity contribution in [1.29, 1.82) is 0 Å². The smallest absolute Gasteiger partial charge is 0.164 e. The number of para-hydroxylation sites is 1. The molecule has 3 aromatic heterocycles. The van der Waals surface area contributed by atoms with Gasteiger partial charge < -0.3 is 4.42 Å². The molecular formula is C43H25N3OS. The fraction of sp³-hybridized carbons (Fsp3) is 0. The molecule has 0 fully saturated rings. The minimum atomic E-state index is 0.610. The summed E-state index contributed by atoms with van der Waals surface area (Å²) in [5, 5.41) is 6.52. The molecule has 10 aromatic rings. The number of fused-ring (bicyclic) bond motifs is 8. The van der Waals surface area contributed by atoms with Crippen LogP contribution in [0.4, 0.5) is 0 Å². The first-order valence-corrected chi connectivity index (χ1v) is 16.8. The molecule has 0 bridgehead atoms. The predicted octanol–water partition coefficient (Wildman–Crippen LogP) is 12.0. The summed E-state index contributed by atoms with van der Waals surface area (Å²) in [4.78, 5) is 15.6. The molecule has 0 atom stereocenters. The van der Waals surface area contributed by atoms with Crippen LogP contribution in [0.2, 0.25) is 0 Å². The first-order valence-electron chi connectivity index (χ1n) is 15.9. The van der Waals surface area contributed by atoms with Gasteiger partial charge in [-0.3, -0.25) is 0 Å². The van der Waals surface area contributed by atoms with Gasteiger partial charge in [-0.1, -0.05) is 115 Å². The van der Waals surface area contributed by atoms with Crippen molar-refractivity contribution in [2.24, 2.45) is 0 Å². The van der Waals surface area contributed by atoms with Gasteiger partial charge in [0.1, 0.15) is 11.2 Å².